The summed E-state index contributed by atoms with van der Waals surface area (Å²) in [5, 5.41) is 4.95. The summed E-state index contributed by atoms with van der Waals surface area (Å²) < 4.78 is 6.01. The van der Waals surface area contributed by atoms with Crippen LogP contribution in [0, 0.1) is 0 Å². The standard InChI is InChI=1S/C14H14BrNO2/c1-9(18-2)14(17)16-13-8-7-12(15)10-5-3-4-6-11(10)13/h3-9H,1-2H3,(H,16,17). The molecule has 0 saturated carbocycles. The van der Waals surface area contributed by atoms with E-state index in [9.17, 15) is 4.79 Å². The predicted octanol–water partition coefficient (Wildman–Crippen LogP) is 3.58. The molecule has 0 aliphatic heterocycles. The van der Waals surface area contributed by atoms with Crippen LogP contribution in [0.3, 0.4) is 0 Å². The van der Waals surface area contributed by atoms with Crippen molar-refractivity contribution >= 4 is 38.3 Å². The summed E-state index contributed by atoms with van der Waals surface area (Å²) >= 11 is 3.50. The molecule has 0 aliphatic rings. The van der Waals surface area contributed by atoms with Gasteiger partial charge in [0.1, 0.15) is 6.10 Å². The summed E-state index contributed by atoms with van der Waals surface area (Å²) in [5.74, 6) is -0.148. The van der Waals surface area contributed by atoms with Crippen molar-refractivity contribution in [2.75, 3.05) is 12.4 Å². The summed E-state index contributed by atoms with van der Waals surface area (Å²) in [5.41, 5.74) is 0.794. The van der Waals surface area contributed by atoms with Crippen molar-refractivity contribution in [1.82, 2.24) is 0 Å². The Bertz CT molecular complexity index is 583. The van der Waals surface area contributed by atoms with Crippen LogP contribution in [0.4, 0.5) is 5.69 Å². The number of benzene rings is 2. The summed E-state index contributed by atoms with van der Waals surface area (Å²) in [7, 11) is 1.52. The second-order valence-corrected chi connectivity index (χ2v) is 4.86. The van der Waals surface area contributed by atoms with Crippen molar-refractivity contribution < 1.29 is 9.53 Å². The van der Waals surface area contributed by atoms with Crippen LogP contribution in [0.2, 0.25) is 0 Å². The highest BCUT2D eigenvalue weighted by Crippen LogP contribution is 2.29. The molecule has 0 heterocycles. The Hall–Kier alpha value is -1.39. The van der Waals surface area contributed by atoms with Crippen molar-refractivity contribution in [1.29, 1.82) is 0 Å². The van der Waals surface area contributed by atoms with E-state index in [0.29, 0.717) is 0 Å². The first kappa shape index (κ1) is 13.1. The molecule has 94 valence electrons. The second-order valence-electron chi connectivity index (χ2n) is 4.01. The van der Waals surface area contributed by atoms with Gasteiger partial charge < -0.3 is 10.1 Å². The Labute approximate surface area is 114 Å². The van der Waals surface area contributed by atoms with Gasteiger partial charge in [0, 0.05) is 22.7 Å². The molecule has 2 aromatic rings. The number of carbonyl (C=O) groups excluding carboxylic acids is 1. The number of amides is 1. The van der Waals surface area contributed by atoms with Gasteiger partial charge in [-0.1, -0.05) is 40.2 Å². The highest BCUT2D eigenvalue weighted by atomic mass is 79.9. The lowest BCUT2D eigenvalue weighted by molar-refractivity contribution is -0.124. The van der Waals surface area contributed by atoms with E-state index in [-0.39, 0.29) is 5.91 Å². The average Bonchev–Trinajstić information content (AvgIpc) is 2.41. The SMILES string of the molecule is COC(C)C(=O)Nc1ccc(Br)c2ccccc12. The van der Waals surface area contributed by atoms with Crippen LogP contribution in [0.15, 0.2) is 40.9 Å². The molecule has 0 bridgehead atoms. The number of carbonyl (C=O) groups is 1. The predicted molar refractivity (Wildman–Crippen MR) is 76.7 cm³/mol. The third kappa shape index (κ3) is 2.54. The summed E-state index contributed by atoms with van der Waals surface area (Å²) in [6.45, 7) is 1.72. The summed E-state index contributed by atoms with van der Waals surface area (Å²) in [4.78, 5) is 11.8. The number of hydrogen-bond donors (Lipinski definition) is 1. The molecule has 1 N–H and O–H groups in total. The van der Waals surface area contributed by atoms with Crippen LogP contribution >= 0.6 is 15.9 Å². The van der Waals surface area contributed by atoms with Crippen LogP contribution < -0.4 is 5.32 Å². The minimum atomic E-state index is -0.465. The Balaban J connectivity index is 2.40. The fourth-order valence-electron chi connectivity index (χ4n) is 1.71. The third-order valence-electron chi connectivity index (χ3n) is 2.85. The zero-order valence-electron chi connectivity index (χ0n) is 10.2. The van der Waals surface area contributed by atoms with Crippen LogP contribution in [0.1, 0.15) is 6.92 Å². The number of halogens is 1. The maximum absolute atomic E-state index is 11.8. The molecule has 0 fully saturated rings. The maximum atomic E-state index is 11.8. The van der Waals surface area contributed by atoms with E-state index in [1.807, 2.05) is 36.4 Å². The number of fused-ring (bicyclic) bond motifs is 1. The first-order chi connectivity index (χ1) is 8.63. The molecule has 0 saturated heterocycles. The lowest BCUT2D eigenvalue weighted by Crippen LogP contribution is -2.26. The van der Waals surface area contributed by atoms with Gasteiger partial charge in [-0.25, -0.2) is 0 Å². The summed E-state index contributed by atoms with van der Waals surface area (Å²) in [6.07, 6.45) is -0.465. The molecular formula is C14H14BrNO2. The molecule has 2 aromatic carbocycles. The van der Waals surface area contributed by atoms with Gasteiger partial charge in [0.05, 0.1) is 0 Å². The molecule has 0 aromatic heterocycles. The van der Waals surface area contributed by atoms with Gasteiger partial charge in [-0.15, -0.1) is 0 Å². The molecule has 0 aliphatic carbocycles. The Morgan fingerprint density at radius 2 is 1.89 bits per heavy atom. The molecule has 1 unspecified atom stereocenters. The Morgan fingerprint density at radius 1 is 1.22 bits per heavy atom. The zero-order valence-corrected chi connectivity index (χ0v) is 11.8. The molecular weight excluding hydrogens is 294 g/mol. The topological polar surface area (TPSA) is 38.3 Å². The fraction of sp³-hybridized carbons (Fsp3) is 0.214. The number of nitrogens with one attached hydrogen (secondary N) is 1. The molecule has 18 heavy (non-hydrogen) atoms. The quantitative estimate of drug-likeness (QED) is 0.941. The fourth-order valence-corrected chi connectivity index (χ4v) is 2.19. The first-order valence-electron chi connectivity index (χ1n) is 5.64. The third-order valence-corrected chi connectivity index (χ3v) is 3.54. The lowest BCUT2D eigenvalue weighted by Gasteiger charge is -2.13. The summed E-state index contributed by atoms with van der Waals surface area (Å²) in [6, 6.07) is 11.7. The highest BCUT2D eigenvalue weighted by Gasteiger charge is 2.13. The first-order valence-corrected chi connectivity index (χ1v) is 6.43. The second kappa shape index (κ2) is 5.50. The van der Waals surface area contributed by atoms with Crippen LogP contribution in [0.25, 0.3) is 10.8 Å². The van der Waals surface area contributed by atoms with E-state index >= 15 is 0 Å². The van der Waals surface area contributed by atoms with E-state index < -0.39 is 6.10 Å². The van der Waals surface area contributed by atoms with E-state index in [1.54, 1.807) is 6.92 Å². The van der Waals surface area contributed by atoms with Crippen LogP contribution in [0.5, 0.6) is 0 Å². The van der Waals surface area contributed by atoms with Crippen LogP contribution in [-0.2, 0) is 9.53 Å². The van der Waals surface area contributed by atoms with E-state index in [0.717, 1.165) is 20.9 Å². The Kier molecular flexibility index (Phi) is 3.99. The number of hydrogen-bond acceptors (Lipinski definition) is 2. The molecule has 4 heteroatoms. The minimum absolute atomic E-state index is 0.148. The van der Waals surface area contributed by atoms with Gasteiger partial charge in [-0.05, 0) is 24.4 Å². The molecule has 1 amide bonds. The monoisotopic (exact) mass is 307 g/mol. The number of rotatable bonds is 3. The van der Waals surface area contributed by atoms with Gasteiger partial charge in [-0.2, -0.15) is 0 Å². The lowest BCUT2D eigenvalue weighted by atomic mass is 10.1. The average molecular weight is 308 g/mol. The number of methoxy groups -OCH3 is 1. The van der Waals surface area contributed by atoms with Crippen molar-refractivity contribution in [2.24, 2.45) is 0 Å². The van der Waals surface area contributed by atoms with Crippen molar-refractivity contribution in [3.8, 4) is 0 Å². The van der Waals surface area contributed by atoms with E-state index in [1.165, 1.54) is 7.11 Å². The minimum Gasteiger partial charge on any atom is -0.372 e. The molecule has 0 radical (unpaired) electrons. The maximum Gasteiger partial charge on any atom is 0.253 e. The highest BCUT2D eigenvalue weighted by molar-refractivity contribution is 9.10. The largest absolute Gasteiger partial charge is 0.372 e. The van der Waals surface area contributed by atoms with E-state index in [4.69, 9.17) is 4.74 Å². The molecule has 3 nitrogen and oxygen atoms in total. The number of anilines is 1. The smallest absolute Gasteiger partial charge is 0.253 e. The molecule has 1 atom stereocenters. The van der Waals surface area contributed by atoms with E-state index in [2.05, 4.69) is 21.2 Å². The van der Waals surface area contributed by atoms with Crippen molar-refractivity contribution in [2.45, 2.75) is 13.0 Å². The van der Waals surface area contributed by atoms with Gasteiger partial charge >= 0.3 is 0 Å². The van der Waals surface area contributed by atoms with Gasteiger partial charge in [0.15, 0.2) is 0 Å². The van der Waals surface area contributed by atoms with Gasteiger partial charge in [0.2, 0.25) is 0 Å². The van der Waals surface area contributed by atoms with Crippen molar-refractivity contribution in [3.05, 3.63) is 40.9 Å². The van der Waals surface area contributed by atoms with Crippen molar-refractivity contribution in [3.63, 3.8) is 0 Å². The molecule has 2 rings (SSSR count). The van der Waals surface area contributed by atoms with Gasteiger partial charge in [-0.3, -0.25) is 4.79 Å². The normalized spacial score (nSPS) is 12.4. The molecule has 0 spiro atoms. The van der Waals surface area contributed by atoms with Gasteiger partial charge in [0.25, 0.3) is 5.91 Å². The zero-order chi connectivity index (χ0) is 13.1. The number of ether oxygens (including phenoxy) is 1. The van der Waals surface area contributed by atoms with Crippen LogP contribution in [-0.4, -0.2) is 19.1 Å². The Morgan fingerprint density at radius 3 is 2.56 bits per heavy atom.